The third-order valence-corrected chi connectivity index (χ3v) is 1.84. The maximum absolute atomic E-state index is 11.3. The Labute approximate surface area is 89.8 Å². The molecule has 1 atom stereocenters. The van der Waals surface area contributed by atoms with Crippen molar-refractivity contribution in [2.24, 2.45) is 0 Å². The van der Waals surface area contributed by atoms with Crippen LogP contribution < -0.4 is 10.1 Å². The lowest BCUT2D eigenvalue weighted by atomic mass is 10.2. The second-order valence-corrected chi connectivity index (χ2v) is 3.27. The SMILES string of the molecule is C=CCC(C)NC(=O)Oc1ccccc1. The molecule has 1 unspecified atom stereocenters. The summed E-state index contributed by atoms with van der Waals surface area (Å²) in [6.07, 6.45) is 2.05. The first-order valence-corrected chi connectivity index (χ1v) is 4.86. The van der Waals surface area contributed by atoms with E-state index in [4.69, 9.17) is 4.74 Å². The van der Waals surface area contributed by atoms with Crippen LogP contribution >= 0.6 is 0 Å². The molecule has 15 heavy (non-hydrogen) atoms. The van der Waals surface area contributed by atoms with Gasteiger partial charge < -0.3 is 10.1 Å². The Hall–Kier alpha value is -1.77. The minimum Gasteiger partial charge on any atom is -0.410 e. The maximum atomic E-state index is 11.3. The fourth-order valence-electron chi connectivity index (χ4n) is 1.14. The highest BCUT2D eigenvalue weighted by Crippen LogP contribution is 2.08. The highest BCUT2D eigenvalue weighted by Gasteiger charge is 2.07. The Morgan fingerprint density at radius 3 is 2.80 bits per heavy atom. The van der Waals surface area contributed by atoms with Crippen LogP contribution in [0.3, 0.4) is 0 Å². The van der Waals surface area contributed by atoms with Crippen molar-refractivity contribution in [1.82, 2.24) is 5.32 Å². The molecule has 0 fully saturated rings. The van der Waals surface area contributed by atoms with E-state index < -0.39 is 6.09 Å². The van der Waals surface area contributed by atoms with Crippen molar-refractivity contribution in [2.75, 3.05) is 0 Å². The summed E-state index contributed by atoms with van der Waals surface area (Å²) in [5.41, 5.74) is 0. The van der Waals surface area contributed by atoms with Gasteiger partial charge in [-0.3, -0.25) is 0 Å². The van der Waals surface area contributed by atoms with E-state index in [1.807, 2.05) is 25.1 Å². The standard InChI is InChI=1S/C12H15NO2/c1-3-7-10(2)13-12(14)15-11-8-5-4-6-9-11/h3-6,8-10H,1,7H2,2H3,(H,13,14). The molecule has 1 rings (SSSR count). The number of benzene rings is 1. The third kappa shape index (κ3) is 4.31. The van der Waals surface area contributed by atoms with Gasteiger partial charge in [-0.1, -0.05) is 24.3 Å². The molecule has 0 aliphatic heterocycles. The first-order chi connectivity index (χ1) is 7.22. The molecule has 0 saturated carbocycles. The first-order valence-electron chi connectivity index (χ1n) is 4.86. The Morgan fingerprint density at radius 1 is 1.53 bits per heavy atom. The molecule has 80 valence electrons. The lowest BCUT2D eigenvalue weighted by Crippen LogP contribution is -2.34. The molecule has 0 spiro atoms. The fraction of sp³-hybridized carbons (Fsp3) is 0.250. The van der Waals surface area contributed by atoms with Crippen LogP contribution in [0.5, 0.6) is 5.75 Å². The number of carbonyl (C=O) groups is 1. The van der Waals surface area contributed by atoms with Crippen LogP contribution in [0.25, 0.3) is 0 Å². The van der Waals surface area contributed by atoms with E-state index in [1.165, 1.54) is 0 Å². The van der Waals surface area contributed by atoms with E-state index in [0.29, 0.717) is 5.75 Å². The Morgan fingerprint density at radius 2 is 2.20 bits per heavy atom. The number of carbonyl (C=O) groups excluding carboxylic acids is 1. The van der Waals surface area contributed by atoms with Gasteiger partial charge in [-0.15, -0.1) is 6.58 Å². The molecular formula is C12H15NO2. The largest absolute Gasteiger partial charge is 0.412 e. The second kappa shape index (κ2) is 5.86. The van der Waals surface area contributed by atoms with Crippen LogP contribution in [0.1, 0.15) is 13.3 Å². The smallest absolute Gasteiger partial charge is 0.410 e. The van der Waals surface area contributed by atoms with E-state index >= 15 is 0 Å². The summed E-state index contributed by atoms with van der Waals surface area (Å²) in [6.45, 7) is 5.50. The Balaban J connectivity index is 2.39. The maximum Gasteiger partial charge on any atom is 0.412 e. The number of amides is 1. The van der Waals surface area contributed by atoms with Crippen LogP contribution in [0.15, 0.2) is 43.0 Å². The predicted octanol–water partition coefficient (Wildman–Crippen LogP) is 2.74. The molecule has 1 N–H and O–H groups in total. The summed E-state index contributed by atoms with van der Waals surface area (Å²) < 4.78 is 5.05. The van der Waals surface area contributed by atoms with Crippen molar-refractivity contribution in [1.29, 1.82) is 0 Å². The monoisotopic (exact) mass is 205 g/mol. The van der Waals surface area contributed by atoms with Crippen molar-refractivity contribution < 1.29 is 9.53 Å². The molecule has 0 radical (unpaired) electrons. The summed E-state index contributed by atoms with van der Waals surface area (Å²) in [7, 11) is 0. The van der Waals surface area contributed by atoms with Gasteiger partial charge in [0.05, 0.1) is 0 Å². The van der Waals surface area contributed by atoms with Crippen molar-refractivity contribution in [3.05, 3.63) is 43.0 Å². The van der Waals surface area contributed by atoms with Crippen molar-refractivity contribution in [2.45, 2.75) is 19.4 Å². The van der Waals surface area contributed by atoms with E-state index in [2.05, 4.69) is 11.9 Å². The van der Waals surface area contributed by atoms with Crippen LogP contribution in [-0.4, -0.2) is 12.1 Å². The third-order valence-electron chi connectivity index (χ3n) is 1.84. The molecular weight excluding hydrogens is 190 g/mol. The van der Waals surface area contributed by atoms with Gasteiger partial charge in [-0.2, -0.15) is 0 Å². The summed E-state index contributed by atoms with van der Waals surface area (Å²) in [5, 5.41) is 2.70. The van der Waals surface area contributed by atoms with Crippen LogP contribution in [-0.2, 0) is 0 Å². The topological polar surface area (TPSA) is 38.3 Å². The summed E-state index contributed by atoms with van der Waals surface area (Å²) in [4.78, 5) is 11.3. The molecule has 0 aliphatic carbocycles. The zero-order valence-electron chi connectivity index (χ0n) is 8.77. The zero-order valence-corrected chi connectivity index (χ0v) is 8.77. The minimum absolute atomic E-state index is 0.0405. The number of para-hydroxylation sites is 1. The van der Waals surface area contributed by atoms with Gasteiger partial charge in [0.1, 0.15) is 5.75 Å². The van der Waals surface area contributed by atoms with Crippen molar-refractivity contribution in [3.8, 4) is 5.75 Å². The van der Waals surface area contributed by atoms with Gasteiger partial charge >= 0.3 is 6.09 Å². The van der Waals surface area contributed by atoms with Crippen LogP contribution in [0.2, 0.25) is 0 Å². The zero-order chi connectivity index (χ0) is 11.1. The van der Waals surface area contributed by atoms with Gasteiger partial charge in [-0.25, -0.2) is 4.79 Å². The molecule has 1 aromatic carbocycles. The summed E-state index contributed by atoms with van der Waals surface area (Å²) >= 11 is 0. The normalized spacial score (nSPS) is 11.5. The molecule has 3 nitrogen and oxygen atoms in total. The van der Waals surface area contributed by atoms with E-state index in [1.54, 1.807) is 18.2 Å². The average Bonchev–Trinajstić information content (AvgIpc) is 2.19. The highest BCUT2D eigenvalue weighted by atomic mass is 16.6. The number of hydrogen-bond donors (Lipinski definition) is 1. The molecule has 3 heteroatoms. The van der Waals surface area contributed by atoms with E-state index in [-0.39, 0.29) is 6.04 Å². The van der Waals surface area contributed by atoms with E-state index in [0.717, 1.165) is 6.42 Å². The van der Waals surface area contributed by atoms with Gasteiger partial charge in [0.25, 0.3) is 0 Å². The molecule has 1 amide bonds. The van der Waals surface area contributed by atoms with Gasteiger partial charge in [0.15, 0.2) is 0 Å². The van der Waals surface area contributed by atoms with Crippen molar-refractivity contribution in [3.63, 3.8) is 0 Å². The Kier molecular flexibility index (Phi) is 4.41. The predicted molar refractivity (Wildman–Crippen MR) is 59.9 cm³/mol. The molecule has 0 aliphatic rings. The first kappa shape index (κ1) is 11.3. The van der Waals surface area contributed by atoms with Gasteiger partial charge in [0, 0.05) is 6.04 Å². The molecule has 0 saturated heterocycles. The number of rotatable bonds is 4. The minimum atomic E-state index is -0.435. The summed E-state index contributed by atoms with van der Waals surface area (Å²) in [5.74, 6) is 0.542. The number of ether oxygens (including phenoxy) is 1. The van der Waals surface area contributed by atoms with E-state index in [9.17, 15) is 4.79 Å². The molecule has 1 aromatic rings. The Bertz CT molecular complexity index is 322. The summed E-state index contributed by atoms with van der Waals surface area (Å²) in [6, 6.07) is 9.00. The van der Waals surface area contributed by atoms with Gasteiger partial charge in [-0.05, 0) is 25.5 Å². The number of hydrogen-bond acceptors (Lipinski definition) is 2. The average molecular weight is 205 g/mol. The van der Waals surface area contributed by atoms with Crippen molar-refractivity contribution >= 4 is 6.09 Å². The highest BCUT2D eigenvalue weighted by molar-refractivity contribution is 5.70. The molecule has 0 aromatic heterocycles. The second-order valence-electron chi connectivity index (χ2n) is 3.27. The number of nitrogens with one attached hydrogen (secondary N) is 1. The fourth-order valence-corrected chi connectivity index (χ4v) is 1.14. The van der Waals surface area contributed by atoms with Gasteiger partial charge in [0.2, 0.25) is 0 Å². The molecule has 0 bridgehead atoms. The molecule has 0 heterocycles. The van der Waals surface area contributed by atoms with Crippen LogP contribution in [0.4, 0.5) is 4.79 Å². The quantitative estimate of drug-likeness (QED) is 0.767. The lowest BCUT2D eigenvalue weighted by molar-refractivity contribution is 0.197. The lowest BCUT2D eigenvalue weighted by Gasteiger charge is -2.11. The van der Waals surface area contributed by atoms with Crippen LogP contribution in [0, 0.1) is 0 Å².